The summed E-state index contributed by atoms with van der Waals surface area (Å²) in [5.41, 5.74) is -0.566. The van der Waals surface area contributed by atoms with Crippen LogP contribution in [0.1, 0.15) is 9.67 Å². The van der Waals surface area contributed by atoms with Gasteiger partial charge in [0, 0.05) is 7.05 Å². The molecule has 0 aliphatic heterocycles. The van der Waals surface area contributed by atoms with Gasteiger partial charge in [0.2, 0.25) is 0 Å². The molecule has 7 heteroatoms. The Kier molecular flexibility index (Phi) is 2.39. The Balaban J connectivity index is 2.85. The molecule has 2 aromatic rings. The normalized spacial score (nSPS) is 10.6. The highest BCUT2D eigenvalue weighted by Gasteiger charge is 2.14. The number of rotatable bonds is 1. The standard InChI is InChI=1S/C9H8N2O4S/c1-11-4-3-5(8(13)15-2)16-6(4)7(12)10-9(11)14/h3H,1-2H3,(H,10,12,14). The van der Waals surface area contributed by atoms with Gasteiger partial charge in [0.25, 0.3) is 5.56 Å². The number of aromatic nitrogens is 2. The molecule has 2 aromatic heterocycles. The van der Waals surface area contributed by atoms with Crippen molar-refractivity contribution < 1.29 is 9.53 Å². The van der Waals surface area contributed by atoms with Gasteiger partial charge in [-0.15, -0.1) is 11.3 Å². The van der Waals surface area contributed by atoms with E-state index >= 15 is 0 Å². The Labute approximate surface area is 93.1 Å². The van der Waals surface area contributed by atoms with E-state index in [1.807, 2.05) is 0 Å². The first-order chi connectivity index (χ1) is 7.54. The van der Waals surface area contributed by atoms with Crippen LogP contribution in [-0.4, -0.2) is 22.6 Å². The van der Waals surface area contributed by atoms with Crippen LogP contribution in [0, 0.1) is 0 Å². The Morgan fingerprint density at radius 2 is 2.19 bits per heavy atom. The molecule has 2 heterocycles. The Hall–Kier alpha value is -1.89. The molecule has 0 aliphatic rings. The topological polar surface area (TPSA) is 81.2 Å². The van der Waals surface area contributed by atoms with E-state index in [2.05, 4.69) is 9.72 Å². The summed E-state index contributed by atoms with van der Waals surface area (Å²) < 4.78 is 6.16. The molecule has 0 spiro atoms. The number of H-pyrrole nitrogens is 1. The maximum absolute atomic E-state index is 11.5. The first-order valence-electron chi connectivity index (χ1n) is 4.35. The van der Waals surface area contributed by atoms with Crippen molar-refractivity contribution in [2.75, 3.05) is 7.11 Å². The average Bonchev–Trinajstić information content (AvgIpc) is 2.70. The number of ether oxygens (including phenoxy) is 1. The van der Waals surface area contributed by atoms with Gasteiger partial charge in [0.1, 0.15) is 9.58 Å². The second-order valence-corrected chi connectivity index (χ2v) is 4.19. The van der Waals surface area contributed by atoms with Crippen molar-refractivity contribution in [3.8, 4) is 0 Å². The van der Waals surface area contributed by atoms with Gasteiger partial charge < -0.3 is 4.74 Å². The summed E-state index contributed by atoms with van der Waals surface area (Å²) in [6, 6.07) is 1.47. The Morgan fingerprint density at radius 1 is 1.50 bits per heavy atom. The van der Waals surface area contributed by atoms with Crippen molar-refractivity contribution in [1.82, 2.24) is 9.55 Å². The van der Waals surface area contributed by atoms with Crippen molar-refractivity contribution in [3.05, 3.63) is 31.8 Å². The molecule has 0 bridgehead atoms. The predicted molar refractivity (Wildman–Crippen MR) is 59.0 cm³/mol. The predicted octanol–water partition coefficient (Wildman–Crippen LogP) is 0.0749. The lowest BCUT2D eigenvalue weighted by molar-refractivity contribution is 0.0606. The number of fused-ring (bicyclic) bond motifs is 1. The Bertz CT molecular complexity index is 679. The van der Waals surface area contributed by atoms with Gasteiger partial charge in [-0.2, -0.15) is 0 Å². The highest BCUT2D eigenvalue weighted by molar-refractivity contribution is 7.20. The molecular formula is C9H8N2O4S. The number of aromatic amines is 1. The van der Waals surface area contributed by atoms with Crippen LogP contribution in [0.4, 0.5) is 0 Å². The molecule has 0 radical (unpaired) electrons. The first kappa shape index (κ1) is 10.6. The van der Waals surface area contributed by atoms with Crippen molar-refractivity contribution in [2.45, 2.75) is 0 Å². The fourth-order valence-corrected chi connectivity index (χ4v) is 2.34. The van der Waals surface area contributed by atoms with Gasteiger partial charge in [0.15, 0.2) is 0 Å². The van der Waals surface area contributed by atoms with Crippen LogP contribution in [0.15, 0.2) is 15.7 Å². The number of esters is 1. The molecule has 16 heavy (non-hydrogen) atoms. The molecule has 0 unspecified atom stereocenters. The first-order valence-corrected chi connectivity index (χ1v) is 5.17. The van der Waals surface area contributed by atoms with Gasteiger partial charge >= 0.3 is 11.7 Å². The van der Waals surface area contributed by atoms with Gasteiger partial charge in [-0.3, -0.25) is 14.3 Å². The molecule has 6 nitrogen and oxygen atoms in total. The summed E-state index contributed by atoms with van der Waals surface area (Å²) in [4.78, 5) is 36.5. The van der Waals surface area contributed by atoms with Crippen molar-refractivity contribution in [3.63, 3.8) is 0 Å². The number of thiophene rings is 1. The minimum Gasteiger partial charge on any atom is -0.465 e. The molecule has 0 atom stereocenters. The van der Waals surface area contributed by atoms with Crippen molar-refractivity contribution in [2.24, 2.45) is 7.05 Å². The number of methoxy groups -OCH3 is 1. The van der Waals surface area contributed by atoms with Crippen LogP contribution in [0.3, 0.4) is 0 Å². The Morgan fingerprint density at radius 3 is 2.81 bits per heavy atom. The number of aryl methyl sites for hydroxylation is 1. The maximum atomic E-state index is 11.5. The molecule has 0 saturated heterocycles. The van der Waals surface area contributed by atoms with Crippen LogP contribution >= 0.6 is 11.3 Å². The smallest absolute Gasteiger partial charge is 0.348 e. The SMILES string of the molecule is COC(=O)c1cc2c(s1)c(=O)[nH]c(=O)n2C. The van der Waals surface area contributed by atoms with Crippen LogP contribution in [-0.2, 0) is 11.8 Å². The molecule has 84 valence electrons. The van der Waals surface area contributed by atoms with E-state index in [9.17, 15) is 14.4 Å². The molecule has 0 amide bonds. The fraction of sp³-hybridized carbons (Fsp3) is 0.222. The van der Waals surface area contributed by atoms with Crippen molar-refractivity contribution >= 4 is 27.5 Å². The quantitative estimate of drug-likeness (QED) is 0.715. The number of nitrogens with one attached hydrogen (secondary N) is 1. The number of carbonyl (C=O) groups is 1. The number of nitrogens with zero attached hydrogens (tertiary/aromatic N) is 1. The second-order valence-electron chi connectivity index (χ2n) is 3.13. The van der Waals surface area contributed by atoms with E-state index in [0.717, 1.165) is 11.3 Å². The third kappa shape index (κ3) is 1.45. The maximum Gasteiger partial charge on any atom is 0.348 e. The molecule has 1 N–H and O–H groups in total. The van der Waals surface area contributed by atoms with Crippen LogP contribution < -0.4 is 11.2 Å². The highest BCUT2D eigenvalue weighted by atomic mass is 32.1. The number of carbonyl (C=O) groups excluding carboxylic acids is 1. The summed E-state index contributed by atoms with van der Waals surface area (Å²) in [5, 5.41) is 0. The molecular weight excluding hydrogens is 232 g/mol. The fourth-order valence-electron chi connectivity index (χ4n) is 1.34. The molecule has 0 aliphatic carbocycles. The summed E-state index contributed by atoms with van der Waals surface area (Å²) >= 11 is 1.00. The summed E-state index contributed by atoms with van der Waals surface area (Å²) in [6.45, 7) is 0. The molecule has 0 fully saturated rings. The lowest BCUT2D eigenvalue weighted by Gasteiger charge is -1.96. The second kappa shape index (κ2) is 3.60. The average molecular weight is 240 g/mol. The van der Waals surface area contributed by atoms with E-state index in [0.29, 0.717) is 15.1 Å². The van der Waals surface area contributed by atoms with E-state index in [1.54, 1.807) is 0 Å². The zero-order valence-corrected chi connectivity index (χ0v) is 9.38. The zero-order valence-electron chi connectivity index (χ0n) is 8.57. The van der Waals surface area contributed by atoms with Crippen LogP contribution in [0.5, 0.6) is 0 Å². The number of hydrogen-bond acceptors (Lipinski definition) is 5. The lowest BCUT2D eigenvalue weighted by Crippen LogP contribution is -2.27. The van der Waals surface area contributed by atoms with E-state index in [-0.39, 0.29) is 0 Å². The third-order valence-corrected chi connectivity index (χ3v) is 3.29. The van der Waals surface area contributed by atoms with Gasteiger partial charge in [-0.1, -0.05) is 0 Å². The summed E-state index contributed by atoms with van der Waals surface area (Å²) in [6.07, 6.45) is 0. The summed E-state index contributed by atoms with van der Waals surface area (Å²) in [7, 11) is 2.78. The van der Waals surface area contributed by atoms with Crippen molar-refractivity contribution in [1.29, 1.82) is 0 Å². The number of hydrogen-bond donors (Lipinski definition) is 1. The monoisotopic (exact) mass is 240 g/mol. The molecule has 0 saturated carbocycles. The van der Waals surface area contributed by atoms with Gasteiger partial charge in [-0.25, -0.2) is 9.59 Å². The van der Waals surface area contributed by atoms with E-state index in [1.165, 1.54) is 24.8 Å². The molecule has 0 aromatic carbocycles. The van der Waals surface area contributed by atoms with E-state index in [4.69, 9.17) is 0 Å². The largest absolute Gasteiger partial charge is 0.465 e. The zero-order chi connectivity index (χ0) is 11.9. The van der Waals surface area contributed by atoms with Gasteiger partial charge in [0.05, 0.1) is 12.6 Å². The molecule has 2 rings (SSSR count). The van der Waals surface area contributed by atoms with Crippen LogP contribution in [0.25, 0.3) is 10.2 Å². The minimum atomic E-state index is -0.520. The third-order valence-electron chi connectivity index (χ3n) is 2.19. The van der Waals surface area contributed by atoms with E-state index < -0.39 is 17.2 Å². The highest BCUT2D eigenvalue weighted by Crippen LogP contribution is 2.21. The minimum absolute atomic E-state index is 0.296. The summed E-state index contributed by atoms with van der Waals surface area (Å²) in [5.74, 6) is -0.520. The van der Waals surface area contributed by atoms with Crippen LogP contribution in [0.2, 0.25) is 0 Å². The lowest BCUT2D eigenvalue weighted by atomic mass is 10.4. The van der Waals surface area contributed by atoms with Gasteiger partial charge in [-0.05, 0) is 6.07 Å².